The minimum absolute atomic E-state index is 0.269. The molecule has 0 heterocycles. The zero-order chi connectivity index (χ0) is 16.4. The van der Waals surface area contributed by atoms with Gasteiger partial charge < -0.3 is 15.2 Å². The van der Waals surface area contributed by atoms with Gasteiger partial charge in [0.2, 0.25) is 0 Å². The van der Waals surface area contributed by atoms with Gasteiger partial charge >= 0.3 is 6.09 Å². The van der Waals surface area contributed by atoms with Gasteiger partial charge in [-0.25, -0.2) is 4.79 Å². The lowest BCUT2D eigenvalue weighted by molar-refractivity contribution is 0.0635. The molecule has 0 unspecified atom stereocenters. The van der Waals surface area contributed by atoms with E-state index in [1.807, 2.05) is 39.0 Å². The van der Waals surface area contributed by atoms with Crippen LogP contribution in [0.25, 0.3) is 0 Å². The van der Waals surface area contributed by atoms with Crippen molar-refractivity contribution in [3.05, 3.63) is 23.8 Å². The normalized spacial score (nSPS) is 16.0. The first kappa shape index (κ1) is 16.6. The average Bonchev–Trinajstić information content (AvgIpc) is 3.18. The summed E-state index contributed by atoms with van der Waals surface area (Å²) < 4.78 is 10.6. The van der Waals surface area contributed by atoms with E-state index in [0.29, 0.717) is 18.0 Å². The van der Waals surface area contributed by atoms with E-state index in [-0.39, 0.29) is 5.41 Å². The molecule has 5 heteroatoms. The number of nitrogens with two attached hydrogens (primary N) is 1. The number of rotatable bonds is 5. The van der Waals surface area contributed by atoms with E-state index in [4.69, 9.17) is 15.2 Å². The molecule has 1 aliphatic rings. The summed E-state index contributed by atoms with van der Waals surface area (Å²) in [5.41, 5.74) is 7.36. The molecule has 22 heavy (non-hydrogen) atoms. The summed E-state index contributed by atoms with van der Waals surface area (Å²) in [6.07, 6.45) is 2.83. The molecule has 0 atom stereocenters. The van der Waals surface area contributed by atoms with Crippen LogP contribution in [0.1, 0.15) is 39.2 Å². The van der Waals surface area contributed by atoms with Gasteiger partial charge in [-0.3, -0.25) is 5.32 Å². The monoisotopic (exact) mass is 306 g/mol. The van der Waals surface area contributed by atoms with Crippen molar-refractivity contribution in [1.82, 2.24) is 0 Å². The Morgan fingerprint density at radius 2 is 2.05 bits per heavy atom. The van der Waals surface area contributed by atoms with Crippen molar-refractivity contribution in [1.29, 1.82) is 0 Å². The van der Waals surface area contributed by atoms with Gasteiger partial charge in [-0.15, -0.1) is 0 Å². The highest BCUT2D eigenvalue weighted by Crippen LogP contribution is 2.47. The third-order valence-corrected chi connectivity index (χ3v) is 3.87. The van der Waals surface area contributed by atoms with Crippen LogP contribution in [0.5, 0.6) is 5.75 Å². The predicted molar refractivity (Wildman–Crippen MR) is 87.3 cm³/mol. The highest BCUT2D eigenvalue weighted by Gasteiger charge is 2.41. The van der Waals surface area contributed by atoms with Crippen molar-refractivity contribution in [2.45, 2.75) is 45.6 Å². The standard InChI is InChI=1S/C17H26N2O3/c1-16(2,3)22-15(20)19-13-6-5-12(9-14(13)21-4)10-17(11-18)7-8-17/h5-6,9H,7-8,10-11,18H2,1-4H3,(H,19,20). The first-order chi connectivity index (χ1) is 10.3. The van der Waals surface area contributed by atoms with E-state index in [9.17, 15) is 4.79 Å². The van der Waals surface area contributed by atoms with Crippen molar-refractivity contribution < 1.29 is 14.3 Å². The maximum Gasteiger partial charge on any atom is 0.412 e. The number of hydrogen-bond donors (Lipinski definition) is 2. The van der Waals surface area contributed by atoms with Gasteiger partial charge in [0.25, 0.3) is 0 Å². The van der Waals surface area contributed by atoms with E-state index < -0.39 is 11.7 Å². The maximum absolute atomic E-state index is 11.9. The number of benzene rings is 1. The Hall–Kier alpha value is -1.75. The lowest BCUT2D eigenvalue weighted by atomic mass is 9.96. The molecule has 1 amide bonds. The number of amides is 1. The summed E-state index contributed by atoms with van der Waals surface area (Å²) in [4.78, 5) is 11.9. The highest BCUT2D eigenvalue weighted by molar-refractivity contribution is 5.87. The second kappa shape index (κ2) is 6.16. The Labute approximate surface area is 132 Å². The summed E-state index contributed by atoms with van der Waals surface area (Å²) in [5.74, 6) is 0.635. The number of hydrogen-bond acceptors (Lipinski definition) is 4. The van der Waals surface area contributed by atoms with Crippen LogP contribution in [0.4, 0.5) is 10.5 Å². The highest BCUT2D eigenvalue weighted by atomic mass is 16.6. The minimum atomic E-state index is -0.531. The van der Waals surface area contributed by atoms with Crippen molar-refractivity contribution >= 4 is 11.8 Å². The topological polar surface area (TPSA) is 73.6 Å². The van der Waals surface area contributed by atoms with Crippen LogP contribution in [-0.2, 0) is 11.2 Å². The number of ether oxygens (including phenoxy) is 2. The zero-order valence-electron chi connectivity index (χ0n) is 13.9. The van der Waals surface area contributed by atoms with Gasteiger partial charge in [0.05, 0.1) is 12.8 Å². The van der Waals surface area contributed by atoms with Gasteiger partial charge in [-0.2, -0.15) is 0 Å². The van der Waals surface area contributed by atoms with Crippen molar-refractivity contribution in [2.24, 2.45) is 11.1 Å². The lowest BCUT2D eigenvalue weighted by Gasteiger charge is -2.20. The molecule has 122 valence electrons. The van der Waals surface area contributed by atoms with Crippen LogP contribution in [0.3, 0.4) is 0 Å². The van der Waals surface area contributed by atoms with Crippen molar-refractivity contribution in [3.63, 3.8) is 0 Å². The van der Waals surface area contributed by atoms with Crippen LogP contribution in [0, 0.1) is 5.41 Å². The molecule has 0 bridgehead atoms. The molecule has 1 aromatic rings. The minimum Gasteiger partial charge on any atom is -0.495 e. The molecule has 2 rings (SSSR count). The molecule has 0 aliphatic heterocycles. The SMILES string of the molecule is COc1cc(CC2(CN)CC2)ccc1NC(=O)OC(C)(C)C. The summed E-state index contributed by atoms with van der Waals surface area (Å²) in [7, 11) is 1.59. The maximum atomic E-state index is 11.9. The molecule has 1 saturated carbocycles. The molecule has 5 nitrogen and oxygen atoms in total. The third-order valence-electron chi connectivity index (χ3n) is 3.87. The Bertz CT molecular complexity index is 545. The smallest absolute Gasteiger partial charge is 0.412 e. The van der Waals surface area contributed by atoms with Gasteiger partial charge in [0, 0.05) is 0 Å². The first-order valence-corrected chi connectivity index (χ1v) is 7.64. The molecular weight excluding hydrogens is 280 g/mol. The Morgan fingerprint density at radius 1 is 1.36 bits per heavy atom. The Morgan fingerprint density at radius 3 is 2.55 bits per heavy atom. The van der Waals surface area contributed by atoms with E-state index in [2.05, 4.69) is 5.32 Å². The molecule has 1 aromatic carbocycles. The van der Waals surface area contributed by atoms with Gasteiger partial charge in [0.15, 0.2) is 0 Å². The van der Waals surface area contributed by atoms with Crippen molar-refractivity contribution in [2.75, 3.05) is 19.0 Å². The summed E-state index contributed by atoms with van der Waals surface area (Å²) in [6, 6.07) is 5.82. The van der Waals surface area contributed by atoms with E-state index in [0.717, 1.165) is 6.42 Å². The zero-order valence-corrected chi connectivity index (χ0v) is 13.9. The molecule has 0 spiro atoms. The van der Waals surface area contributed by atoms with Crippen LogP contribution in [0.2, 0.25) is 0 Å². The largest absolute Gasteiger partial charge is 0.495 e. The fraction of sp³-hybridized carbons (Fsp3) is 0.588. The van der Waals surface area contributed by atoms with Gasteiger partial charge in [-0.05, 0) is 69.7 Å². The van der Waals surface area contributed by atoms with E-state index in [1.54, 1.807) is 7.11 Å². The number of carbonyl (C=O) groups is 1. The lowest BCUT2D eigenvalue weighted by Crippen LogP contribution is -2.27. The quantitative estimate of drug-likeness (QED) is 0.875. The number of nitrogens with one attached hydrogen (secondary N) is 1. The van der Waals surface area contributed by atoms with Crippen LogP contribution in [0.15, 0.2) is 18.2 Å². The number of anilines is 1. The molecule has 1 fully saturated rings. The Balaban J connectivity index is 2.07. The fourth-order valence-electron chi connectivity index (χ4n) is 2.43. The van der Waals surface area contributed by atoms with Crippen LogP contribution >= 0.6 is 0 Å². The summed E-state index contributed by atoms with van der Waals surface area (Å²) >= 11 is 0. The summed E-state index contributed by atoms with van der Waals surface area (Å²) in [6.45, 7) is 6.20. The molecule has 3 N–H and O–H groups in total. The van der Waals surface area contributed by atoms with Gasteiger partial charge in [0.1, 0.15) is 11.4 Å². The van der Waals surface area contributed by atoms with Crippen LogP contribution < -0.4 is 15.8 Å². The molecular formula is C17H26N2O3. The second-order valence-corrected chi connectivity index (χ2v) is 7.04. The second-order valence-electron chi connectivity index (χ2n) is 7.04. The van der Waals surface area contributed by atoms with E-state index >= 15 is 0 Å². The fourth-order valence-corrected chi connectivity index (χ4v) is 2.43. The molecule has 1 aliphatic carbocycles. The number of carbonyl (C=O) groups excluding carboxylic acids is 1. The van der Waals surface area contributed by atoms with Crippen molar-refractivity contribution in [3.8, 4) is 5.75 Å². The summed E-state index contributed by atoms with van der Waals surface area (Å²) in [5, 5.41) is 2.73. The molecule has 0 saturated heterocycles. The molecule has 0 radical (unpaired) electrons. The average molecular weight is 306 g/mol. The number of methoxy groups -OCH3 is 1. The molecule has 0 aromatic heterocycles. The van der Waals surface area contributed by atoms with Crippen LogP contribution in [-0.4, -0.2) is 25.3 Å². The predicted octanol–water partition coefficient (Wildman–Crippen LogP) is 3.32. The third kappa shape index (κ3) is 4.37. The van der Waals surface area contributed by atoms with Gasteiger partial charge in [-0.1, -0.05) is 6.07 Å². The Kier molecular flexibility index (Phi) is 4.66. The van der Waals surface area contributed by atoms with E-state index in [1.165, 1.54) is 18.4 Å². The first-order valence-electron chi connectivity index (χ1n) is 7.64.